The second-order valence-electron chi connectivity index (χ2n) is 7.72. The van der Waals surface area contributed by atoms with Crippen LogP contribution in [-0.2, 0) is 9.59 Å². The van der Waals surface area contributed by atoms with Crippen molar-refractivity contribution in [3.8, 4) is 0 Å². The van der Waals surface area contributed by atoms with Crippen molar-refractivity contribution in [1.82, 2.24) is 16.2 Å². The van der Waals surface area contributed by atoms with E-state index >= 15 is 0 Å². The fourth-order valence-electron chi connectivity index (χ4n) is 3.02. The third-order valence-electron chi connectivity index (χ3n) is 4.77. The summed E-state index contributed by atoms with van der Waals surface area (Å²) in [6.45, 7) is 9.45. The lowest BCUT2D eigenvalue weighted by atomic mass is 10.0. The molecule has 0 aliphatic carbocycles. The van der Waals surface area contributed by atoms with Crippen molar-refractivity contribution in [1.29, 1.82) is 0 Å². The minimum absolute atomic E-state index is 0.00605. The summed E-state index contributed by atoms with van der Waals surface area (Å²) in [6, 6.07) is 12.3. The molecule has 0 spiro atoms. The van der Waals surface area contributed by atoms with Crippen molar-refractivity contribution >= 4 is 23.4 Å². The van der Waals surface area contributed by atoms with Crippen molar-refractivity contribution in [3.05, 3.63) is 64.7 Å². The van der Waals surface area contributed by atoms with Gasteiger partial charge in [-0.1, -0.05) is 49.7 Å². The largest absolute Gasteiger partial charge is 0.376 e. The molecule has 0 heterocycles. The van der Waals surface area contributed by atoms with Crippen molar-refractivity contribution < 1.29 is 14.4 Å². The molecule has 160 valence electrons. The summed E-state index contributed by atoms with van der Waals surface area (Å²) in [7, 11) is 0. The van der Waals surface area contributed by atoms with Gasteiger partial charge in [-0.3, -0.25) is 25.2 Å². The first-order valence-corrected chi connectivity index (χ1v) is 9.95. The molecule has 0 aromatic heterocycles. The van der Waals surface area contributed by atoms with Crippen molar-refractivity contribution in [2.24, 2.45) is 5.92 Å². The maximum absolute atomic E-state index is 12.5. The SMILES string of the molecule is Cc1ccc(NCC(=O)NNC(=O)C(NC(=O)c2ccccc2C)C(C)C)c(C)c1. The molecular weight excluding hydrogens is 380 g/mol. The monoisotopic (exact) mass is 410 g/mol. The number of carbonyl (C=O) groups excluding carboxylic acids is 3. The number of hydrogen-bond donors (Lipinski definition) is 4. The molecule has 0 aliphatic heterocycles. The molecule has 3 amide bonds. The van der Waals surface area contributed by atoms with Gasteiger partial charge in [0.2, 0.25) is 0 Å². The summed E-state index contributed by atoms with van der Waals surface area (Å²) in [6.07, 6.45) is 0. The number of nitrogens with one attached hydrogen (secondary N) is 4. The third-order valence-corrected chi connectivity index (χ3v) is 4.77. The highest BCUT2D eigenvalue weighted by atomic mass is 16.2. The lowest BCUT2D eigenvalue weighted by Crippen LogP contribution is -2.55. The lowest BCUT2D eigenvalue weighted by Gasteiger charge is -2.22. The lowest BCUT2D eigenvalue weighted by molar-refractivity contribution is -0.129. The predicted molar refractivity (Wildman–Crippen MR) is 118 cm³/mol. The average molecular weight is 411 g/mol. The standard InChI is InChI=1S/C23H30N4O3/c1-14(2)21(25-22(29)18-9-7-6-8-16(18)4)23(30)27-26-20(28)13-24-19-11-10-15(3)12-17(19)5/h6-12,14,21,24H,13H2,1-5H3,(H,25,29)(H,26,28)(H,27,30). The van der Waals surface area contributed by atoms with Gasteiger partial charge in [0.15, 0.2) is 0 Å². The van der Waals surface area contributed by atoms with Crippen LogP contribution in [0.15, 0.2) is 42.5 Å². The van der Waals surface area contributed by atoms with Crippen LogP contribution in [0, 0.1) is 26.7 Å². The number of carbonyl (C=O) groups is 3. The minimum atomic E-state index is -0.787. The van der Waals surface area contributed by atoms with Gasteiger partial charge < -0.3 is 10.6 Å². The Hall–Kier alpha value is -3.35. The zero-order valence-corrected chi connectivity index (χ0v) is 18.1. The minimum Gasteiger partial charge on any atom is -0.376 e. The number of anilines is 1. The molecule has 0 saturated carbocycles. The molecule has 1 unspecified atom stereocenters. The quantitative estimate of drug-likeness (QED) is 0.527. The van der Waals surface area contributed by atoms with Crippen molar-refractivity contribution in [2.75, 3.05) is 11.9 Å². The number of hydrazine groups is 1. The van der Waals surface area contributed by atoms with E-state index in [2.05, 4.69) is 21.5 Å². The second kappa shape index (κ2) is 10.4. The number of amides is 3. The molecule has 0 bridgehead atoms. The van der Waals surface area contributed by atoms with Crippen LogP contribution in [0.25, 0.3) is 0 Å². The van der Waals surface area contributed by atoms with Crippen LogP contribution in [0.3, 0.4) is 0 Å². The van der Waals surface area contributed by atoms with Crippen LogP contribution in [-0.4, -0.2) is 30.3 Å². The molecule has 0 fully saturated rings. The number of rotatable bonds is 7. The summed E-state index contributed by atoms with van der Waals surface area (Å²) < 4.78 is 0. The van der Waals surface area contributed by atoms with E-state index in [-0.39, 0.29) is 18.4 Å². The van der Waals surface area contributed by atoms with E-state index in [1.165, 1.54) is 0 Å². The summed E-state index contributed by atoms with van der Waals surface area (Å²) in [5.41, 5.74) is 9.16. The van der Waals surface area contributed by atoms with E-state index in [0.717, 1.165) is 22.4 Å². The van der Waals surface area contributed by atoms with Gasteiger partial charge in [-0.15, -0.1) is 0 Å². The van der Waals surface area contributed by atoms with E-state index in [0.29, 0.717) is 5.56 Å². The number of aryl methyl sites for hydroxylation is 3. The Morgan fingerprint density at radius 3 is 2.23 bits per heavy atom. The maximum atomic E-state index is 12.5. The molecule has 1 atom stereocenters. The topological polar surface area (TPSA) is 99.3 Å². The van der Waals surface area contributed by atoms with E-state index in [1.54, 1.807) is 12.1 Å². The molecule has 0 aliphatic rings. The molecule has 30 heavy (non-hydrogen) atoms. The van der Waals surface area contributed by atoms with Crippen LogP contribution in [0.5, 0.6) is 0 Å². The first kappa shape index (κ1) is 22.9. The second-order valence-corrected chi connectivity index (χ2v) is 7.72. The fourth-order valence-corrected chi connectivity index (χ4v) is 3.02. The Morgan fingerprint density at radius 1 is 0.900 bits per heavy atom. The Morgan fingerprint density at radius 2 is 1.60 bits per heavy atom. The first-order valence-electron chi connectivity index (χ1n) is 9.95. The van der Waals surface area contributed by atoms with Crippen LogP contribution >= 0.6 is 0 Å². The van der Waals surface area contributed by atoms with E-state index < -0.39 is 17.9 Å². The average Bonchev–Trinajstić information content (AvgIpc) is 2.69. The van der Waals surface area contributed by atoms with Gasteiger partial charge in [-0.2, -0.15) is 0 Å². The molecule has 2 aromatic carbocycles. The summed E-state index contributed by atoms with van der Waals surface area (Å²) in [5.74, 6) is -1.36. The normalized spacial score (nSPS) is 11.5. The van der Waals surface area contributed by atoms with E-state index in [9.17, 15) is 14.4 Å². The highest BCUT2D eigenvalue weighted by Gasteiger charge is 2.25. The molecule has 2 aromatic rings. The zero-order chi connectivity index (χ0) is 22.3. The van der Waals surface area contributed by atoms with Gasteiger partial charge in [-0.25, -0.2) is 0 Å². The summed E-state index contributed by atoms with van der Waals surface area (Å²) in [5, 5.41) is 5.79. The van der Waals surface area contributed by atoms with Gasteiger partial charge in [0.1, 0.15) is 6.04 Å². The first-order chi connectivity index (χ1) is 14.2. The molecule has 0 saturated heterocycles. The van der Waals surface area contributed by atoms with Crippen LogP contribution in [0.4, 0.5) is 5.69 Å². The number of benzene rings is 2. The highest BCUT2D eigenvalue weighted by Crippen LogP contribution is 2.15. The molecule has 7 heteroatoms. The van der Waals surface area contributed by atoms with E-state index in [1.807, 2.05) is 65.0 Å². The van der Waals surface area contributed by atoms with Crippen LogP contribution < -0.4 is 21.5 Å². The van der Waals surface area contributed by atoms with Gasteiger partial charge >= 0.3 is 0 Å². The number of hydrogen-bond acceptors (Lipinski definition) is 4. The molecular formula is C23H30N4O3. The molecule has 4 N–H and O–H groups in total. The third kappa shape index (κ3) is 6.34. The smallest absolute Gasteiger partial charge is 0.261 e. The van der Waals surface area contributed by atoms with Gasteiger partial charge in [0.25, 0.3) is 17.7 Å². The molecule has 7 nitrogen and oxygen atoms in total. The summed E-state index contributed by atoms with van der Waals surface area (Å²) >= 11 is 0. The fraction of sp³-hybridized carbons (Fsp3) is 0.348. The van der Waals surface area contributed by atoms with Crippen LogP contribution in [0.2, 0.25) is 0 Å². The Bertz CT molecular complexity index is 924. The zero-order valence-electron chi connectivity index (χ0n) is 18.1. The highest BCUT2D eigenvalue weighted by molar-refractivity contribution is 5.99. The molecule has 2 rings (SSSR count). The van der Waals surface area contributed by atoms with E-state index in [4.69, 9.17) is 0 Å². The van der Waals surface area contributed by atoms with Gasteiger partial charge in [0.05, 0.1) is 6.54 Å². The van der Waals surface area contributed by atoms with Crippen LogP contribution in [0.1, 0.15) is 40.9 Å². The maximum Gasteiger partial charge on any atom is 0.261 e. The summed E-state index contributed by atoms with van der Waals surface area (Å²) in [4.78, 5) is 37.2. The van der Waals surface area contributed by atoms with Gasteiger partial charge in [0, 0.05) is 11.3 Å². The Kier molecular flexibility index (Phi) is 7.98. The Labute approximate surface area is 177 Å². The van der Waals surface area contributed by atoms with Crippen molar-refractivity contribution in [2.45, 2.75) is 40.7 Å². The van der Waals surface area contributed by atoms with Gasteiger partial charge in [-0.05, 0) is 49.9 Å². The Balaban J connectivity index is 1.89. The predicted octanol–water partition coefficient (Wildman–Crippen LogP) is 2.63. The molecule has 0 radical (unpaired) electrons. The van der Waals surface area contributed by atoms with Crippen molar-refractivity contribution in [3.63, 3.8) is 0 Å².